The van der Waals surface area contributed by atoms with Crippen molar-refractivity contribution in [1.29, 1.82) is 0 Å². The number of rotatable bonds is 7. The number of aliphatic imine (C=N–C) groups is 1. The van der Waals surface area contributed by atoms with Gasteiger partial charge in [-0.3, -0.25) is 9.79 Å². The van der Waals surface area contributed by atoms with Crippen LogP contribution in [0.15, 0.2) is 59.2 Å². The van der Waals surface area contributed by atoms with Gasteiger partial charge in [-0.1, -0.05) is 75.7 Å². The molecule has 0 aromatic heterocycles. The highest BCUT2D eigenvalue weighted by Gasteiger charge is 2.15. The molecule has 0 aliphatic carbocycles. The minimum Gasteiger partial charge on any atom is -0.321 e. The summed E-state index contributed by atoms with van der Waals surface area (Å²) < 4.78 is 0. The highest BCUT2D eigenvalue weighted by molar-refractivity contribution is 6.31. The average molecular weight is 427 g/mol. The molecule has 0 radical (unpaired) electrons. The zero-order chi connectivity index (χ0) is 22.5. The fraction of sp³-hybridized carbons (Fsp3) is 0.385. The second kappa shape index (κ2) is 13.8. The van der Waals surface area contributed by atoms with Crippen LogP contribution < -0.4 is 5.32 Å². The Balaban J connectivity index is 0.000000375. The van der Waals surface area contributed by atoms with E-state index >= 15 is 0 Å². The molecule has 0 fully saturated rings. The Hall–Kier alpha value is -2.39. The maximum absolute atomic E-state index is 12.4. The normalized spacial score (nSPS) is 12.3. The molecular formula is C26H35ClN2O. The van der Waals surface area contributed by atoms with Gasteiger partial charge in [0.05, 0.1) is 5.70 Å². The van der Waals surface area contributed by atoms with Gasteiger partial charge in [0.15, 0.2) is 0 Å². The molecule has 3 nitrogen and oxygen atoms in total. The van der Waals surface area contributed by atoms with E-state index in [0.717, 1.165) is 41.1 Å². The summed E-state index contributed by atoms with van der Waals surface area (Å²) >= 11 is 5.89. The van der Waals surface area contributed by atoms with E-state index in [0.29, 0.717) is 5.92 Å². The maximum Gasteiger partial charge on any atom is 0.255 e. The van der Waals surface area contributed by atoms with E-state index in [9.17, 15) is 4.79 Å². The van der Waals surface area contributed by atoms with Gasteiger partial charge in [0.1, 0.15) is 0 Å². The van der Waals surface area contributed by atoms with Gasteiger partial charge in [-0.25, -0.2) is 0 Å². The van der Waals surface area contributed by atoms with E-state index in [2.05, 4.69) is 44.1 Å². The van der Waals surface area contributed by atoms with E-state index in [1.165, 1.54) is 11.1 Å². The number of nitrogens with one attached hydrogen (secondary N) is 1. The standard InChI is InChI=1S/C17H24N2O.C9H11Cl/c1-5-9-14(12-18-4)19-17(20)16-11-8-7-10-15(16)13(3)6-2;1-3-8-5-4-6-9(10)7(8)2/h7-13H,5-6H2,1-4H3,(H,19,20);4-6H,3H2,1-2H3/b14-9+,18-12?;. The molecule has 0 saturated carbocycles. The van der Waals surface area contributed by atoms with Crippen molar-refractivity contribution in [2.75, 3.05) is 7.05 Å². The second-order valence-electron chi connectivity index (χ2n) is 7.18. The molecule has 0 aliphatic rings. The van der Waals surface area contributed by atoms with Gasteiger partial charge in [-0.15, -0.1) is 0 Å². The predicted molar refractivity (Wildman–Crippen MR) is 131 cm³/mol. The number of halogens is 1. The third kappa shape index (κ3) is 7.79. The summed E-state index contributed by atoms with van der Waals surface area (Å²) in [6.45, 7) is 10.5. The molecule has 1 N–H and O–H groups in total. The predicted octanol–water partition coefficient (Wildman–Crippen LogP) is 7.14. The summed E-state index contributed by atoms with van der Waals surface area (Å²) in [6.07, 6.45) is 6.56. The number of amides is 1. The summed E-state index contributed by atoms with van der Waals surface area (Å²) in [4.78, 5) is 16.4. The number of hydrogen-bond acceptors (Lipinski definition) is 2. The Labute approximate surface area is 187 Å². The summed E-state index contributed by atoms with van der Waals surface area (Å²) in [5.41, 5.74) is 5.14. The molecule has 2 aromatic carbocycles. The van der Waals surface area contributed by atoms with Crippen LogP contribution in [0.5, 0.6) is 0 Å². The summed E-state index contributed by atoms with van der Waals surface area (Å²) in [6, 6.07) is 13.8. The second-order valence-corrected chi connectivity index (χ2v) is 7.59. The Kier molecular flexibility index (Phi) is 11.8. The lowest BCUT2D eigenvalue weighted by atomic mass is 9.93. The number of allylic oxidation sites excluding steroid dienone is 2. The number of carbonyl (C=O) groups is 1. The van der Waals surface area contributed by atoms with Gasteiger partial charge in [0.2, 0.25) is 0 Å². The zero-order valence-electron chi connectivity index (χ0n) is 19.1. The minimum absolute atomic E-state index is 0.0690. The van der Waals surface area contributed by atoms with Crippen LogP contribution in [0, 0.1) is 6.92 Å². The number of carbonyl (C=O) groups excluding carboxylic acids is 1. The monoisotopic (exact) mass is 426 g/mol. The molecule has 0 heterocycles. The molecule has 162 valence electrons. The van der Waals surface area contributed by atoms with E-state index < -0.39 is 0 Å². The summed E-state index contributed by atoms with van der Waals surface area (Å²) in [5.74, 6) is 0.302. The number of hydrogen-bond donors (Lipinski definition) is 1. The van der Waals surface area contributed by atoms with E-state index in [-0.39, 0.29) is 5.91 Å². The lowest BCUT2D eigenvalue weighted by molar-refractivity contribution is 0.0966. The van der Waals surface area contributed by atoms with E-state index in [1.807, 2.05) is 49.4 Å². The van der Waals surface area contributed by atoms with Crippen molar-refractivity contribution in [3.8, 4) is 0 Å². The van der Waals surface area contributed by atoms with Crippen molar-refractivity contribution in [3.05, 3.63) is 81.5 Å². The SMILES string of the molecule is CC/C=C(\C=NC)NC(=O)c1ccccc1C(C)CC.CCc1cccc(Cl)c1C. The number of benzene rings is 2. The molecule has 0 saturated heterocycles. The van der Waals surface area contributed by atoms with Crippen molar-refractivity contribution < 1.29 is 4.79 Å². The Bertz CT molecular complexity index is 871. The van der Waals surface area contributed by atoms with Crippen LogP contribution in [-0.4, -0.2) is 19.2 Å². The molecule has 1 unspecified atom stereocenters. The first-order valence-corrected chi connectivity index (χ1v) is 11.0. The molecule has 1 atom stereocenters. The Morgan fingerprint density at radius 2 is 1.83 bits per heavy atom. The average Bonchev–Trinajstić information content (AvgIpc) is 2.76. The molecule has 2 aromatic rings. The van der Waals surface area contributed by atoms with E-state index in [4.69, 9.17) is 11.6 Å². The van der Waals surface area contributed by atoms with Crippen LogP contribution in [0.2, 0.25) is 5.02 Å². The van der Waals surface area contributed by atoms with Crippen LogP contribution >= 0.6 is 11.6 Å². The van der Waals surface area contributed by atoms with Crippen molar-refractivity contribution in [1.82, 2.24) is 5.32 Å². The smallest absolute Gasteiger partial charge is 0.255 e. The fourth-order valence-electron chi connectivity index (χ4n) is 3.08. The molecule has 0 bridgehead atoms. The molecule has 2 rings (SSSR count). The van der Waals surface area contributed by atoms with Crippen molar-refractivity contribution >= 4 is 23.7 Å². The molecule has 30 heavy (non-hydrogen) atoms. The van der Waals surface area contributed by atoms with Gasteiger partial charge >= 0.3 is 0 Å². The zero-order valence-corrected chi connectivity index (χ0v) is 19.9. The Morgan fingerprint density at radius 3 is 2.40 bits per heavy atom. The highest BCUT2D eigenvalue weighted by atomic mass is 35.5. The van der Waals surface area contributed by atoms with Gasteiger partial charge < -0.3 is 5.32 Å². The van der Waals surface area contributed by atoms with Crippen LogP contribution in [-0.2, 0) is 6.42 Å². The van der Waals surface area contributed by atoms with Gasteiger partial charge in [0.25, 0.3) is 5.91 Å². The van der Waals surface area contributed by atoms with Crippen LogP contribution in [0.25, 0.3) is 0 Å². The summed E-state index contributed by atoms with van der Waals surface area (Å²) in [7, 11) is 1.70. The number of aryl methyl sites for hydroxylation is 1. The largest absolute Gasteiger partial charge is 0.321 e. The molecule has 4 heteroatoms. The quantitative estimate of drug-likeness (QED) is 0.469. The van der Waals surface area contributed by atoms with Gasteiger partial charge in [-0.2, -0.15) is 0 Å². The van der Waals surface area contributed by atoms with Crippen molar-refractivity contribution in [2.45, 2.75) is 59.8 Å². The molecular weight excluding hydrogens is 392 g/mol. The Morgan fingerprint density at radius 1 is 1.13 bits per heavy atom. The van der Waals surface area contributed by atoms with Crippen molar-refractivity contribution in [3.63, 3.8) is 0 Å². The molecule has 0 spiro atoms. The lowest BCUT2D eigenvalue weighted by Crippen LogP contribution is -2.25. The van der Waals surface area contributed by atoms with Crippen LogP contribution in [0.4, 0.5) is 0 Å². The van der Waals surface area contributed by atoms with E-state index in [1.54, 1.807) is 13.3 Å². The van der Waals surface area contributed by atoms with Gasteiger partial charge in [0, 0.05) is 23.8 Å². The third-order valence-electron chi connectivity index (χ3n) is 5.06. The third-order valence-corrected chi connectivity index (χ3v) is 5.47. The molecule has 1 amide bonds. The maximum atomic E-state index is 12.4. The lowest BCUT2D eigenvalue weighted by Gasteiger charge is -2.14. The topological polar surface area (TPSA) is 41.5 Å². The molecule has 0 aliphatic heterocycles. The summed E-state index contributed by atoms with van der Waals surface area (Å²) in [5, 5.41) is 3.80. The minimum atomic E-state index is -0.0690. The van der Waals surface area contributed by atoms with Crippen molar-refractivity contribution in [2.24, 2.45) is 4.99 Å². The first-order valence-electron chi connectivity index (χ1n) is 10.7. The fourth-order valence-corrected chi connectivity index (χ4v) is 3.28. The first kappa shape index (κ1) is 25.6. The highest BCUT2D eigenvalue weighted by Crippen LogP contribution is 2.22. The van der Waals surface area contributed by atoms with Crippen LogP contribution in [0.1, 0.15) is 73.5 Å². The van der Waals surface area contributed by atoms with Gasteiger partial charge in [-0.05, 0) is 60.9 Å². The number of nitrogens with zero attached hydrogens (tertiary/aromatic N) is 1. The van der Waals surface area contributed by atoms with Crippen LogP contribution in [0.3, 0.4) is 0 Å². The first-order chi connectivity index (χ1) is 14.4.